The number of nitrogen functional groups attached to an aromatic ring is 1. The molecule has 0 atom stereocenters. The van der Waals surface area contributed by atoms with Gasteiger partial charge in [-0.25, -0.2) is 4.39 Å². The molecule has 0 fully saturated rings. The van der Waals surface area contributed by atoms with Crippen LogP contribution in [0.5, 0.6) is 5.75 Å². The van der Waals surface area contributed by atoms with Gasteiger partial charge in [-0.3, -0.25) is 0 Å². The van der Waals surface area contributed by atoms with Crippen molar-refractivity contribution in [2.75, 3.05) is 5.73 Å². The van der Waals surface area contributed by atoms with Gasteiger partial charge in [0.25, 0.3) is 0 Å². The van der Waals surface area contributed by atoms with Gasteiger partial charge in [-0.1, -0.05) is 35.3 Å². The Morgan fingerprint density at radius 1 is 1.26 bits per heavy atom. The molecule has 2 nitrogen and oxygen atoms in total. The molecule has 0 aliphatic rings. The molecule has 0 bridgehead atoms. The van der Waals surface area contributed by atoms with Crippen molar-refractivity contribution in [3.63, 3.8) is 0 Å². The van der Waals surface area contributed by atoms with Gasteiger partial charge in [0.05, 0.1) is 15.2 Å². The zero-order valence-corrected chi connectivity index (χ0v) is 12.7. The molecule has 2 aromatic rings. The second kappa shape index (κ2) is 5.99. The SMILES string of the molecule is Nc1cc(Cl)cc(Br)c1OCc1cccc(Cl)c1F. The highest BCUT2D eigenvalue weighted by atomic mass is 79.9. The fourth-order valence-corrected chi connectivity index (χ4v) is 2.68. The van der Waals surface area contributed by atoms with Crippen molar-refractivity contribution in [2.24, 2.45) is 0 Å². The van der Waals surface area contributed by atoms with Crippen molar-refractivity contribution < 1.29 is 9.13 Å². The first kappa shape index (κ1) is 14.4. The summed E-state index contributed by atoms with van der Waals surface area (Å²) in [5.41, 5.74) is 6.53. The predicted octanol–water partition coefficient (Wildman–Crippen LogP) is 5.06. The van der Waals surface area contributed by atoms with Crippen LogP contribution in [0.2, 0.25) is 10.0 Å². The first-order valence-corrected chi connectivity index (χ1v) is 6.84. The second-order valence-electron chi connectivity index (χ2n) is 3.81. The maximum absolute atomic E-state index is 13.7. The van der Waals surface area contributed by atoms with Crippen molar-refractivity contribution in [2.45, 2.75) is 6.61 Å². The minimum Gasteiger partial charge on any atom is -0.485 e. The van der Waals surface area contributed by atoms with Crippen molar-refractivity contribution in [3.8, 4) is 5.75 Å². The van der Waals surface area contributed by atoms with Crippen LogP contribution in [0.15, 0.2) is 34.8 Å². The van der Waals surface area contributed by atoms with E-state index in [1.807, 2.05) is 0 Å². The average molecular weight is 365 g/mol. The van der Waals surface area contributed by atoms with Crippen LogP contribution in [0, 0.1) is 5.82 Å². The topological polar surface area (TPSA) is 35.2 Å². The molecule has 2 rings (SSSR count). The zero-order chi connectivity index (χ0) is 14.0. The Bertz CT molecular complexity index is 599. The van der Waals surface area contributed by atoms with Crippen molar-refractivity contribution in [1.82, 2.24) is 0 Å². The standard InChI is InChI=1S/C13H9BrCl2FNO/c14-9-4-8(15)5-11(18)13(9)19-6-7-2-1-3-10(16)12(7)17/h1-5H,6,18H2. The van der Waals surface area contributed by atoms with E-state index in [0.717, 1.165) is 0 Å². The summed E-state index contributed by atoms with van der Waals surface area (Å²) in [4.78, 5) is 0. The van der Waals surface area contributed by atoms with Crippen LogP contribution in [0.25, 0.3) is 0 Å². The normalized spacial score (nSPS) is 10.5. The van der Waals surface area contributed by atoms with Gasteiger partial charge in [0, 0.05) is 10.6 Å². The number of nitrogens with two attached hydrogens (primary N) is 1. The first-order chi connectivity index (χ1) is 8.99. The third-order valence-electron chi connectivity index (χ3n) is 2.44. The molecule has 0 saturated carbocycles. The molecule has 0 saturated heterocycles. The summed E-state index contributed by atoms with van der Waals surface area (Å²) in [7, 11) is 0. The molecular formula is C13H9BrCl2FNO. The maximum Gasteiger partial charge on any atom is 0.156 e. The number of anilines is 1. The van der Waals surface area contributed by atoms with Crippen molar-refractivity contribution >= 4 is 44.8 Å². The number of hydrogen-bond acceptors (Lipinski definition) is 2. The highest BCUT2D eigenvalue weighted by Crippen LogP contribution is 2.35. The molecule has 100 valence electrons. The monoisotopic (exact) mass is 363 g/mol. The molecule has 0 spiro atoms. The lowest BCUT2D eigenvalue weighted by Gasteiger charge is -2.12. The van der Waals surface area contributed by atoms with E-state index in [1.54, 1.807) is 24.3 Å². The fraction of sp³-hybridized carbons (Fsp3) is 0.0769. The molecule has 0 unspecified atom stereocenters. The van der Waals surface area contributed by atoms with Crippen LogP contribution in [0.3, 0.4) is 0 Å². The number of benzene rings is 2. The van der Waals surface area contributed by atoms with Crippen LogP contribution >= 0.6 is 39.1 Å². The van der Waals surface area contributed by atoms with E-state index in [-0.39, 0.29) is 11.6 Å². The summed E-state index contributed by atoms with van der Waals surface area (Å²) < 4.78 is 19.8. The average Bonchev–Trinajstić information content (AvgIpc) is 2.33. The molecule has 0 radical (unpaired) electrons. The smallest absolute Gasteiger partial charge is 0.156 e. The Hall–Kier alpha value is -0.970. The predicted molar refractivity (Wildman–Crippen MR) is 79.3 cm³/mol. The van der Waals surface area contributed by atoms with E-state index >= 15 is 0 Å². The lowest BCUT2D eigenvalue weighted by Crippen LogP contribution is -2.02. The first-order valence-electron chi connectivity index (χ1n) is 5.29. The Balaban J connectivity index is 2.22. The summed E-state index contributed by atoms with van der Waals surface area (Å²) in [6, 6.07) is 7.95. The summed E-state index contributed by atoms with van der Waals surface area (Å²) >= 11 is 14.8. The molecule has 0 aliphatic heterocycles. The van der Waals surface area contributed by atoms with Gasteiger partial charge in [-0.2, -0.15) is 0 Å². The zero-order valence-electron chi connectivity index (χ0n) is 9.59. The minimum absolute atomic E-state index is 0.0246. The molecule has 2 N–H and O–H groups in total. The van der Waals surface area contributed by atoms with E-state index in [4.69, 9.17) is 33.7 Å². The molecule has 0 aromatic heterocycles. The Morgan fingerprint density at radius 2 is 2.00 bits per heavy atom. The summed E-state index contributed by atoms with van der Waals surface area (Å²) in [5.74, 6) is -0.0726. The van der Waals surface area contributed by atoms with Crippen LogP contribution in [0.4, 0.5) is 10.1 Å². The van der Waals surface area contributed by atoms with Crippen LogP contribution < -0.4 is 10.5 Å². The largest absolute Gasteiger partial charge is 0.485 e. The lowest BCUT2D eigenvalue weighted by molar-refractivity contribution is 0.299. The van der Waals surface area contributed by atoms with Gasteiger partial charge in [0.1, 0.15) is 12.4 Å². The lowest BCUT2D eigenvalue weighted by atomic mass is 10.2. The van der Waals surface area contributed by atoms with Gasteiger partial charge < -0.3 is 10.5 Å². The third kappa shape index (κ3) is 3.32. The minimum atomic E-state index is -0.493. The highest BCUT2D eigenvalue weighted by molar-refractivity contribution is 9.10. The summed E-state index contributed by atoms with van der Waals surface area (Å²) in [5, 5.41) is 0.551. The van der Waals surface area contributed by atoms with Crippen LogP contribution in [-0.4, -0.2) is 0 Å². The molecule has 6 heteroatoms. The van der Waals surface area contributed by atoms with Gasteiger partial charge >= 0.3 is 0 Å². The van der Waals surface area contributed by atoms with Crippen LogP contribution in [-0.2, 0) is 6.61 Å². The van der Waals surface area contributed by atoms with E-state index < -0.39 is 5.82 Å². The fourth-order valence-electron chi connectivity index (χ4n) is 1.54. The highest BCUT2D eigenvalue weighted by Gasteiger charge is 2.11. The molecule has 0 heterocycles. The molecule has 19 heavy (non-hydrogen) atoms. The van der Waals surface area contributed by atoms with Crippen molar-refractivity contribution in [1.29, 1.82) is 0 Å². The van der Waals surface area contributed by atoms with E-state index in [2.05, 4.69) is 15.9 Å². The number of halogens is 4. The molecule has 0 aliphatic carbocycles. The Morgan fingerprint density at radius 3 is 2.68 bits per heavy atom. The summed E-state index contributed by atoms with van der Waals surface area (Å²) in [6.07, 6.45) is 0. The summed E-state index contributed by atoms with van der Waals surface area (Å²) in [6.45, 7) is 0.0246. The number of hydrogen-bond donors (Lipinski definition) is 1. The van der Waals surface area contributed by atoms with E-state index in [9.17, 15) is 4.39 Å². The number of ether oxygens (including phenoxy) is 1. The van der Waals surface area contributed by atoms with Gasteiger partial charge in [-0.05, 0) is 34.1 Å². The van der Waals surface area contributed by atoms with Crippen molar-refractivity contribution in [3.05, 3.63) is 56.2 Å². The maximum atomic E-state index is 13.7. The van der Waals surface area contributed by atoms with Crippen LogP contribution in [0.1, 0.15) is 5.56 Å². The Kier molecular flexibility index (Phi) is 4.55. The molecule has 0 amide bonds. The van der Waals surface area contributed by atoms with Gasteiger partial charge in [0.15, 0.2) is 5.75 Å². The number of rotatable bonds is 3. The molecular weight excluding hydrogens is 356 g/mol. The second-order valence-corrected chi connectivity index (χ2v) is 5.51. The molecule has 2 aromatic carbocycles. The van der Waals surface area contributed by atoms with Gasteiger partial charge in [0.2, 0.25) is 0 Å². The third-order valence-corrected chi connectivity index (χ3v) is 3.54. The van der Waals surface area contributed by atoms with Gasteiger partial charge in [-0.15, -0.1) is 0 Å². The quantitative estimate of drug-likeness (QED) is 0.773. The van der Waals surface area contributed by atoms with E-state index in [1.165, 1.54) is 6.07 Å². The Labute approximate surface area is 128 Å². The van der Waals surface area contributed by atoms with E-state index in [0.29, 0.717) is 26.5 Å².